The molecule has 0 N–H and O–H groups in total. The molecule has 1 saturated heterocycles. The highest BCUT2D eigenvalue weighted by molar-refractivity contribution is 6.30. The van der Waals surface area contributed by atoms with E-state index >= 15 is 0 Å². The summed E-state index contributed by atoms with van der Waals surface area (Å²) in [5, 5.41) is 7.74. The molecule has 0 radical (unpaired) electrons. The predicted octanol–water partition coefficient (Wildman–Crippen LogP) is 3.93. The van der Waals surface area contributed by atoms with E-state index in [1.165, 1.54) is 10.0 Å². The van der Waals surface area contributed by atoms with Gasteiger partial charge < -0.3 is 4.74 Å². The molecule has 3 rings (SSSR count). The fourth-order valence-corrected chi connectivity index (χ4v) is 3.60. The number of benzene rings is 1. The Kier molecular flexibility index (Phi) is 6.24. The van der Waals surface area contributed by atoms with Crippen molar-refractivity contribution in [3.8, 4) is 5.69 Å². The fraction of sp³-hybridized carbons (Fsp3) is 0.450. The summed E-state index contributed by atoms with van der Waals surface area (Å²) in [6.07, 6.45) is 4.57. The standard InChI is InChI=1S/C20H25ClN4O3/c1-4-28-20(27)25-10-6-5-9-24(25)19(26)15(3)18-8-7-17(11-14(18)2)23-13-16(21)12-22-23/h7-8,11-13,15H,4-6,9-10H2,1-3H3. The van der Waals surface area contributed by atoms with Crippen LogP contribution in [0.4, 0.5) is 4.79 Å². The number of hydrogen-bond donors (Lipinski definition) is 0. The Balaban J connectivity index is 1.81. The zero-order chi connectivity index (χ0) is 20.3. The van der Waals surface area contributed by atoms with Gasteiger partial charge >= 0.3 is 6.09 Å². The minimum Gasteiger partial charge on any atom is -0.448 e. The van der Waals surface area contributed by atoms with E-state index in [2.05, 4.69) is 5.10 Å². The van der Waals surface area contributed by atoms with Gasteiger partial charge in [-0.25, -0.2) is 19.5 Å². The van der Waals surface area contributed by atoms with Crippen LogP contribution in [0.3, 0.4) is 0 Å². The van der Waals surface area contributed by atoms with E-state index in [9.17, 15) is 9.59 Å². The second-order valence-corrected chi connectivity index (χ2v) is 7.29. The van der Waals surface area contributed by atoms with Crippen LogP contribution in [0.15, 0.2) is 30.6 Å². The van der Waals surface area contributed by atoms with Crippen LogP contribution in [-0.2, 0) is 9.53 Å². The first-order valence-electron chi connectivity index (χ1n) is 9.49. The van der Waals surface area contributed by atoms with Crippen LogP contribution in [-0.4, -0.2) is 51.5 Å². The summed E-state index contributed by atoms with van der Waals surface area (Å²) in [4.78, 5) is 25.4. The minimum atomic E-state index is -0.467. The van der Waals surface area contributed by atoms with Crippen LogP contribution >= 0.6 is 11.6 Å². The first kappa shape index (κ1) is 20.2. The highest BCUT2D eigenvalue weighted by atomic mass is 35.5. The van der Waals surface area contributed by atoms with Gasteiger partial charge in [0.1, 0.15) is 0 Å². The molecule has 1 aliphatic rings. The molecule has 7 nitrogen and oxygen atoms in total. The van der Waals surface area contributed by atoms with E-state index in [0.29, 0.717) is 18.1 Å². The quantitative estimate of drug-likeness (QED) is 0.774. The van der Waals surface area contributed by atoms with Crippen LogP contribution in [0.2, 0.25) is 5.02 Å². The lowest BCUT2D eigenvalue weighted by molar-refractivity contribution is -0.150. The van der Waals surface area contributed by atoms with Crippen molar-refractivity contribution in [1.82, 2.24) is 19.8 Å². The lowest BCUT2D eigenvalue weighted by atomic mass is 9.94. The monoisotopic (exact) mass is 404 g/mol. The van der Waals surface area contributed by atoms with Gasteiger partial charge in [-0.15, -0.1) is 0 Å². The Morgan fingerprint density at radius 3 is 2.57 bits per heavy atom. The highest BCUT2D eigenvalue weighted by Crippen LogP contribution is 2.26. The van der Waals surface area contributed by atoms with Gasteiger partial charge in [-0.3, -0.25) is 4.79 Å². The third kappa shape index (κ3) is 4.14. The van der Waals surface area contributed by atoms with E-state index in [0.717, 1.165) is 29.7 Å². The molecule has 8 heteroatoms. The van der Waals surface area contributed by atoms with Crippen molar-refractivity contribution in [2.45, 2.75) is 39.5 Å². The van der Waals surface area contributed by atoms with Crippen molar-refractivity contribution in [3.63, 3.8) is 0 Å². The maximum absolute atomic E-state index is 13.2. The van der Waals surface area contributed by atoms with Gasteiger partial charge in [0.2, 0.25) is 5.91 Å². The first-order valence-corrected chi connectivity index (χ1v) is 9.86. The lowest BCUT2D eigenvalue weighted by Gasteiger charge is -2.39. The number of hydrazine groups is 1. The molecule has 1 atom stereocenters. The normalized spacial score (nSPS) is 15.4. The molecule has 28 heavy (non-hydrogen) atoms. The molecule has 1 unspecified atom stereocenters. The number of rotatable bonds is 4. The Labute approximate surface area is 169 Å². The Bertz CT molecular complexity index is 867. The summed E-state index contributed by atoms with van der Waals surface area (Å²) in [6, 6.07) is 5.82. The van der Waals surface area contributed by atoms with E-state index in [1.54, 1.807) is 24.0 Å². The molecule has 1 aliphatic heterocycles. The predicted molar refractivity (Wildman–Crippen MR) is 106 cm³/mol. The number of nitrogens with zero attached hydrogens (tertiary/aromatic N) is 4. The van der Waals surface area contributed by atoms with Gasteiger partial charge in [0, 0.05) is 19.3 Å². The van der Waals surface area contributed by atoms with Crippen molar-refractivity contribution < 1.29 is 14.3 Å². The topological polar surface area (TPSA) is 67.7 Å². The van der Waals surface area contributed by atoms with E-state index in [1.807, 2.05) is 32.0 Å². The molecular weight excluding hydrogens is 380 g/mol. The van der Waals surface area contributed by atoms with Crippen LogP contribution in [0.25, 0.3) is 5.69 Å². The number of aryl methyl sites for hydroxylation is 1. The van der Waals surface area contributed by atoms with Gasteiger partial charge in [-0.1, -0.05) is 17.7 Å². The molecular formula is C20H25ClN4O3. The first-order chi connectivity index (χ1) is 13.4. The van der Waals surface area contributed by atoms with Crippen molar-refractivity contribution in [1.29, 1.82) is 0 Å². The zero-order valence-corrected chi connectivity index (χ0v) is 17.1. The molecule has 1 fully saturated rings. The second kappa shape index (κ2) is 8.65. The van der Waals surface area contributed by atoms with E-state index in [4.69, 9.17) is 16.3 Å². The molecule has 2 heterocycles. The molecule has 150 valence electrons. The molecule has 2 aromatic rings. The zero-order valence-electron chi connectivity index (χ0n) is 16.4. The summed E-state index contributed by atoms with van der Waals surface area (Å²) in [5.74, 6) is -0.490. The summed E-state index contributed by atoms with van der Waals surface area (Å²) in [7, 11) is 0. The van der Waals surface area contributed by atoms with Crippen LogP contribution in [0.5, 0.6) is 0 Å². The summed E-state index contributed by atoms with van der Waals surface area (Å²) >= 11 is 5.95. The fourth-order valence-electron chi connectivity index (χ4n) is 3.47. The average molecular weight is 405 g/mol. The van der Waals surface area contributed by atoms with Gasteiger partial charge in [0.05, 0.1) is 29.4 Å². The number of carbonyl (C=O) groups is 2. The van der Waals surface area contributed by atoms with Crippen molar-refractivity contribution in [3.05, 3.63) is 46.7 Å². The molecule has 1 aromatic carbocycles. The second-order valence-electron chi connectivity index (χ2n) is 6.86. The minimum absolute atomic E-state index is 0.106. The lowest BCUT2D eigenvalue weighted by Crippen LogP contribution is -2.54. The van der Waals surface area contributed by atoms with E-state index in [-0.39, 0.29) is 18.4 Å². The average Bonchev–Trinajstić information content (AvgIpc) is 3.13. The molecule has 0 spiro atoms. The van der Waals surface area contributed by atoms with Gasteiger partial charge in [-0.2, -0.15) is 5.10 Å². The van der Waals surface area contributed by atoms with Crippen LogP contribution in [0, 0.1) is 6.92 Å². The third-order valence-electron chi connectivity index (χ3n) is 4.92. The van der Waals surface area contributed by atoms with Crippen molar-refractivity contribution >= 4 is 23.6 Å². The van der Waals surface area contributed by atoms with Crippen molar-refractivity contribution in [2.75, 3.05) is 19.7 Å². The van der Waals surface area contributed by atoms with Crippen LogP contribution < -0.4 is 0 Å². The number of hydrogen-bond acceptors (Lipinski definition) is 4. The SMILES string of the molecule is CCOC(=O)N1CCCCN1C(=O)C(C)c1ccc(-n2cc(Cl)cn2)cc1C. The van der Waals surface area contributed by atoms with Crippen molar-refractivity contribution in [2.24, 2.45) is 0 Å². The number of amides is 2. The largest absolute Gasteiger partial charge is 0.448 e. The molecule has 0 bridgehead atoms. The highest BCUT2D eigenvalue weighted by Gasteiger charge is 2.33. The number of halogens is 1. The number of carbonyl (C=O) groups excluding carboxylic acids is 2. The molecule has 2 amide bonds. The Morgan fingerprint density at radius 1 is 1.25 bits per heavy atom. The third-order valence-corrected chi connectivity index (χ3v) is 5.12. The number of ether oxygens (including phenoxy) is 1. The molecule has 0 aliphatic carbocycles. The Morgan fingerprint density at radius 2 is 1.96 bits per heavy atom. The van der Waals surface area contributed by atoms with Gasteiger partial charge in [0.15, 0.2) is 0 Å². The molecule has 0 saturated carbocycles. The Hall–Kier alpha value is -2.54. The van der Waals surface area contributed by atoms with Crippen LogP contribution in [0.1, 0.15) is 43.7 Å². The summed E-state index contributed by atoms with van der Waals surface area (Å²) in [6.45, 7) is 6.89. The van der Waals surface area contributed by atoms with Gasteiger partial charge in [0.25, 0.3) is 0 Å². The van der Waals surface area contributed by atoms with E-state index < -0.39 is 6.09 Å². The smallest absolute Gasteiger partial charge is 0.428 e. The molecule has 1 aromatic heterocycles. The number of aromatic nitrogens is 2. The summed E-state index contributed by atoms with van der Waals surface area (Å²) < 4.78 is 6.80. The maximum Gasteiger partial charge on any atom is 0.428 e. The summed E-state index contributed by atoms with van der Waals surface area (Å²) in [5.41, 5.74) is 2.77. The maximum atomic E-state index is 13.2. The van der Waals surface area contributed by atoms with Gasteiger partial charge in [-0.05, 0) is 56.9 Å².